The molecule has 2 aliphatic heterocycles. The lowest BCUT2D eigenvalue weighted by atomic mass is 9.85. The Balaban J connectivity index is 1.34. The van der Waals surface area contributed by atoms with E-state index in [4.69, 9.17) is 0 Å². The number of piperidine rings is 1. The number of aromatic hydroxyl groups is 1. The van der Waals surface area contributed by atoms with E-state index in [1.54, 1.807) is 6.07 Å². The summed E-state index contributed by atoms with van der Waals surface area (Å²) >= 11 is 0. The number of fused-ring (bicyclic) bond motifs is 2. The van der Waals surface area contributed by atoms with E-state index in [2.05, 4.69) is 15.9 Å². The fourth-order valence-corrected chi connectivity index (χ4v) is 6.15. The van der Waals surface area contributed by atoms with Gasteiger partial charge in [-0.2, -0.15) is 0 Å². The molecule has 1 saturated carbocycles. The fraction of sp³-hybridized carbons (Fsp3) is 0.720. The molecule has 1 aromatic carbocycles. The summed E-state index contributed by atoms with van der Waals surface area (Å²) in [4.78, 5) is 17.5. The van der Waals surface area contributed by atoms with Crippen LogP contribution in [0.5, 0.6) is 5.75 Å². The zero-order valence-corrected chi connectivity index (χ0v) is 18.1. The second kappa shape index (κ2) is 9.51. The molecule has 1 N–H and O–H groups in total. The Labute approximate surface area is 176 Å². The summed E-state index contributed by atoms with van der Waals surface area (Å²) < 4.78 is 0. The van der Waals surface area contributed by atoms with Crippen molar-refractivity contribution in [2.24, 2.45) is 5.92 Å². The number of rotatable bonds is 7. The van der Waals surface area contributed by atoms with E-state index in [1.165, 1.54) is 63.4 Å². The molecule has 0 aromatic heterocycles. The molecule has 160 valence electrons. The van der Waals surface area contributed by atoms with E-state index in [9.17, 15) is 9.90 Å². The average molecular weight is 399 g/mol. The molecule has 0 unspecified atom stereocenters. The van der Waals surface area contributed by atoms with E-state index >= 15 is 0 Å². The number of nitrogens with zero attached hydrogens (tertiary/aromatic N) is 2. The molecule has 4 heteroatoms. The van der Waals surface area contributed by atoms with Crippen LogP contribution in [0.1, 0.15) is 82.6 Å². The number of carbonyl (C=O) groups is 1. The first kappa shape index (κ1) is 20.7. The molecule has 3 fully saturated rings. The fourth-order valence-electron chi connectivity index (χ4n) is 6.15. The van der Waals surface area contributed by atoms with E-state index in [0.717, 1.165) is 19.6 Å². The molecule has 4 rings (SSSR count). The molecular weight excluding hydrogens is 360 g/mol. The third-order valence-electron chi connectivity index (χ3n) is 7.71. The Morgan fingerprint density at radius 3 is 2.48 bits per heavy atom. The Morgan fingerprint density at radius 1 is 1.10 bits per heavy atom. The zero-order valence-electron chi connectivity index (χ0n) is 18.1. The first-order valence-electron chi connectivity index (χ1n) is 12.0. The van der Waals surface area contributed by atoms with Gasteiger partial charge in [-0.15, -0.1) is 0 Å². The third-order valence-corrected chi connectivity index (χ3v) is 7.71. The number of benzene rings is 1. The van der Waals surface area contributed by atoms with Crippen molar-refractivity contribution in [1.29, 1.82) is 0 Å². The molecule has 1 amide bonds. The number of hydrogen-bond donors (Lipinski definition) is 1. The molecular formula is C25H38N2O2. The average Bonchev–Trinajstić information content (AvgIpc) is 2.98. The lowest BCUT2D eigenvalue weighted by molar-refractivity contribution is -0.132. The largest absolute Gasteiger partial charge is 0.508 e. The quantitative estimate of drug-likeness (QED) is 0.709. The van der Waals surface area contributed by atoms with Crippen LogP contribution in [0, 0.1) is 5.92 Å². The zero-order chi connectivity index (χ0) is 20.2. The topological polar surface area (TPSA) is 43.8 Å². The predicted molar refractivity (Wildman–Crippen MR) is 117 cm³/mol. The summed E-state index contributed by atoms with van der Waals surface area (Å²) in [5.41, 5.74) is 1.29. The summed E-state index contributed by atoms with van der Waals surface area (Å²) in [6.07, 6.45) is 12.2. The van der Waals surface area contributed by atoms with Crippen LogP contribution >= 0.6 is 0 Å². The highest BCUT2D eigenvalue weighted by Gasteiger charge is 2.41. The maximum Gasteiger partial charge on any atom is 0.222 e. The summed E-state index contributed by atoms with van der Waals surface area (Å²) in [5.74, 6) is 1.99. The number of amides is 1. The van der Waals surface area contributed by atoms with Crippen LogP contribution in [0.4, 0.5) is 0 Å². The Bertz CT molecular complexity index is 671. The van der Waals surface area contributed by atoms with Crippen molar-refractivity contribution >= 4 is 5.91 Å². The third kappa shape index (κ3) is 4.96. The number of carbonyl (C=O) groups excluding carboxylic acids is 1. The monoisotopic (exact) mass is 398 g/mol. The van der Waals surface area contributed by atoms with Gasteiger partial charge >= 0.3 is 0 Å². The summed E-state index contributed by atoms with van der Waals surface area (Å²) in [6, 6.07) is 9.12. The summed E-state index contributed by atoms with van der Waals surface area (Å²) in [7, 11) is 0. The number of phenolic OH excluding ortho intramolecular Hbond substituents is 1. The van der Waals surface area contributed by atoms with Gasteiger partial charge in [-0.05, 0) is 68.1 Å². The Morgan fingerprint density at radius 2 is 1.83 bits per heavy atom. The highest BCUT2D eigenvalue weighted by atomic mass is 16.3. The van der Waals surface area contributed by atoms with Gasteiger partial charge in [0.1, 0.15) is 5.75 Å². The van der Waals surface area contributed by atoms with Gasteiger partial charge in [-0.25, -0.2) is 0 Å². The second-order valence-electron chi connectivity index (χ2n) is 9.58. The van der Waals surface area contributed by atoms with Crippen LogP contribution in [0.3, 0.4) is 0 Å². The van der Waals surface area contributed by atoms with Gasteiger partial charge in [-0.1, -0.05) is 38.3 Å². The van der Waals surface area contributed by atoms with E-state index in [-0.39, 0.29) is 0 Å². The van der Waals surface area contributed by atoms with Crippen LogP contribution in [0.15, 0.2) is 24.3 Å². The predicted octanol–water partition coefficient (Wildman–Crippen LogP) is 4.92. The molecule has 1 aromatic rings. The lowest BCUT2D eigenvalue weighted by Crippen LogP contribution is -2.47. The standard InChI is InChI=1S/C25H38N2O2/c1-2-25(29)26(18-19-7-4-3-5-8-19)13-14-27-22-11-12-23(27)16-21(15-22)20-9-6-10-24(28)17-20/h6,9-10,17,19,21-23,28H,2-5,7-8,11-16,18H2,1H3/t21-,22+,23-. The molecule has 2 heterocycles. The molecule has 2 saturated heterocycles. The van der Waals surface area contributed by atoms with Gasteiger partial charge in [0.15, 0.2) is 0 Å². The summed E-state index contributed by atoms with van der Waals surface area (Å²) in [5, 5.41) is 9.85. The van der Waals surface area contributed by atoms with Gasteiger partial charge in [0.25, 0.3) is 0 Å². The Kier molecular flexibility index (Phi) is 6.79. The first-order valence-corrected chi connectivity index (χ1v) is 12.0. The van der Waals surface area contributed by atoms with E-state index in [0.29, 0.717) is 42.0 Å². The van der Waals surface area contributed by atoms with Crippen molar-refractivity contribution in [2.45, 2.75) is 89.1 Å². The van der Waals surface area contributed by atoms with Crippen LogP contribution in [-0.2, 0) is 4.79 Å². The molecule has 1 aliphatic carbocycles. The van der Waals surface area contributed by atoms with Gasteiger partial charge in [0.05, 0.1) is 0 Å². The van der Waals surface area contributed by atoms with Crippen LogP contribution in [0.25, 0.3) is 0 Å². The molecule has 3 aliphatic rings. The number of phenols is 1. The minimum atomic E-state index is 0.331. The SMILES string of the molecule is CCC(=O)N(CCN1[C@@H]2CC[C@H]1C[C@@H](c1cccc(O)c1)C2)CC1CCCCC1. The van der Waals surface area contributed by atoms with Crippen molar-refractivity contribution in [2.75, 3.05) is 19.6 Å². The van der Waals surface area contributed by atoms with Gasteiger partial charge in [0, 0.05) is 38.1 Å². The maximum atomic E-state index is 12.6. The van der Waals surface area contributed by atoms with Gasteiger partial charge in [-0.3, -0.25) is 9.69 Å². The van der Waals surface area contributed by atoms with Crippen LogP contribution in [0.2, 0.25) is 0 Å². The van der Waals surface area contributed by atoms with Gasteiger partial charge < -0.3 is 10.0 Å². The number of hydrogen-bond acceptors (Lipinski definition) is 3. The molecule has 0 spiro atoms. The van der Waals surface area contributed by atoms with E-state index in [1.807, 2.05) is 19.1 Å². The minimum absolute atomic E-state index is 0.331. The normalized spacial score (nSPS) is 27.8. The first-order chi connectivity index (χ1) is 14.1. The summed E-state index contributed by atoms with van der Waals surface area (Å²) in [6.45, 7) is 4.90. The molecule has 2 bridgehead atoms. The lowest BCUT2D eigenvalue weighted by Gasteiger charge is -2.40. The molecule has 4 nitrogen and oxygen atoms in total. The van der Waals surface area contributed by atoms with E-state index < -0.39 is 0 Å². The molecule has 0 radical (unpaired) electrons. The van der Waals surface area contributed by atoms with Gasteiger partial charge in [0.2, 0.25) is 5.91 Å². The second-order valence-corrected chi connectivity index (χ2v) is 9.58. The highest BCUT2D eigenvalue weighted by molar-refractivity contribution is 5.75. The molecule has 29 heavy (non-hydrogen) atoms. The highest BCUT2D eigenvalue weighted by Crippen LogP contribution is 2.43. The van der Waals surface area contributed by atoms with Crippen molar-refractivity contribution in [3.63, 3.8) is 0 Å². The minimum Gasteiger partial charge on any atom is -0.508 e. The van der Waals surface area contributed by atoms with Crippen LogP contribution < -0.4 is 0 Å². The van der Waals surface area contributed by atoms with Crippen molar-refractivity contribution < 1.29 is 9.90 Å². The Hall–Kier alpha value is -1.55. The maximum absolute atomic E-state index is 12.6. The van der Waals surface area contributed by atoms with Crippen molar-refractivity contribution in [3.05, 3.63) is 29.8 Å². The van der Waals surface area contributed by atoms with Crippen molar-refractivity contribution in [3.8, 4) is 5.75 Å². The van der Waals surface area contributed by atoms with Crippen LogP contribution in [-0.4, -0.2) is 52.5 Å². The molecule has 3 atom stereocenters. The smallest absolute Gasteiger partial charge is 0.222 e. The van der Waals surface area contributed by atoms with Crippen molar-refractivity contribution in [1.82, 2.24) is 9.80 Å².